The van der Waals surface area contributed by atoms with Crippen molar-refractivity contribution in [1.82, 2.24) is 10.3 Å². The summed E-state index contributed by atoms with van der Waals surface area (Å²) in [6, 6.07) is 10.2. The number of rotatable bonds is 5. The number of hydrogen-bond donors (Lipinski definition) is 1. The van der Waals surface area contributed by atoms with Gasteiger partial charge in [-0.25, -0.2) is 0 Å². The first-order valence-electron chi connectivity index (χ1n) is 6.71. The maximum absolute atomic E-state index is 5.88. The largest absolute Gasteiger partial charge is 0.455 e. The number of pyridine rings is 1. The molecule has 4 heteroatoms. The minimum absolute atomic E-state index is 0.289. The molecule has 1 atom stereocenters. The maximum atomic E-state index is 5.88. The Morgan fingerprint density at radius 3 is 2.70 bits per heavy atom. The van der Waals surface area contributed by atoms with Crippen molar-refractivity contribution in [2.75, 3.05) is 7.05 Å². The zero-order valence-electron chi connectivity index (χ0n) is 12.0. The summed E-state index contributed by atoms with van der Waals surface area (Å²) in [5.74, 6) is 1.59. The van der Waals surface area contributed by atoms with Gasteiger partial charge in [-0.05, 0) is 50.2 Å². The Bertz CT molecular complexity index is 565. The smallest absolute Gasteiger partial charge is 0.145 e. The van der Waals surface area contributed by atoms with Crippen molar-refractivity contribution in [2.45, 2.75) is 26.3 Å². The van der Waals surface area contributed by atoms with E-state index < -0.39 is 0 Å². The number of hydrogen-bond acceptors (Lipinski definition) is 3. The van der Waals surface area contributed by atoms with Crippen LogP contribution in [0.3, 0.4) is 0 Å². The Labute approximate surface area is 128 Å². The molecule has 2 rings (SSSR count). The maximum Gasteiger partial charge on any atom is 0.145 e. The van der Waals surface area contributed by atoms with Gasteiger partial charge in [-0.3, -0.25) is 4.98 Å². The lowest BCUT2D eigenvalue weighted by Gasteiger charge is -2.14. The highest BCUT2D eigenvalue weighted by Crippen LogP contribution is 2.28. The monoisotopic (exact) mass is 334 g/mol. The second-order valence-corrected chi connectivity index (χ2v) is 5.60. The lowest BCUT2D eigenvalue weighted by molar-refractivity contribution is 0.473. The Balaban J connectivity index is 2.16. The van der Waals surface area contributed by atoms with Gasteiger partial charge in [0.15, 0.2) is 0 Å². The van der Waals surface area contributed by atoms with Gasteiger partial charge in [0.25, 0.3) is 0 Å². The van der Waals surface area contributed by atoms with Crippen LogP contribution in [0.25, 0.3) is 0 Å². The van der Waals surface area contributed by atoms with Crippen molar-refractivity contribution in [3.8, 4) is 11.5 Å². The van der Waals surface area contributed by atoms with Crippen LogP contribution in [0.5, 0.6) is 11.5 Å². The summed E-state index contributed by atoms with van der Waals surface area (Å²) in [5.41, 5.74) is 2.13. The zero-order valence-corrected chi connectivity index (χ0v) is 13.6. The fraction of sp³-hybridized carbons (Fsp3) is 0.312. The van der Waals surface area contributed by atoms with E-state index in [1.807, 2.05) is 44.3 Å². The lowest BCUT2D eigenvalue weighted by Crippen LogP contribution is -2.16. The van der Waals surface area contributed by atoms with E-state index in [1.54, 1.807) is 6.20 Å². The van der Waals surface area contributed by atoms with E-state index in [0.29, 0.717) is 0 Å². The Hall–Kier alpha value is -1.39. The summed E-state index contributed by atoms with van der Waals surface area (Å²) < 4.78 is 6.88. The first-order chi connectivity index (χ1) is 9.63. The van der Waals surface area contributed by atoms with Crippen LogP contribution in [0.15, 0.2) is 41.0 Å². The molecule has 0 bridgehead atoms. The molecule has 0 saturated heterocycles. The molecule has 1 N–H and O–H groups in total. The van der Waals surface area contributed by atoms with Gasteiger partial charge in [0.2, 0.25) is 0 Å². The van der Waals surface area contributed by atoms with Crippen LogP contribution in [0, 0.1) is 6.92 Å². The van der Waals surface area contributed by atoms with Gasteiger partial charge in [0, 0.05) is 10.5 Å². The number of aromatic nitrogens is 1. The topological polar surface area (TPSA) is 34.1 Å². The highest BCUT2D eigenvalue weighted by atomic mass is 79.9. The molecule has 0 aliphatic heterocycles. The van der Waals surface area contributed by atoms with Crippen LogP contribution in [-0.2, 0) is 0 Å². The lowest BCUT2D eigenvalue weighted by atomic mass is 10.1. The molecule has 3 nitrogen and oxygen atoms in total. The minimum atomic E-state index is 0.289. The standard InChI is InChI=1S/C16H19BrN2O/c1-4-14(18-3)15-8-7-13(10-19-15)20-16-9-12(17)6-5-11(16)2/h5-10,14,18H,4H2,1-3H3. The van der Waals surface area contributed by atoms with Crippen molar-refractivity contribution >= 4 is 15.9 Å². The Kier molecular flexibility index (Phi) is 5.15. The number of benzene rings is 1. The van der Waals surface area contributed by atoms with E-state index >= 15 is 0 Å². The summed E-state index contributed by atoms with van der Waals surface area (Å²) in [5, 5.41) is 3.24. The molecule has 1 unspecified atom stereocenters. The van der Waals surface area contributed by atoms with E-state index in [2.05, 4.69) is 33.2 Å². The normalized spacial score (nSPS) is 12.2. The summed E-state index contributed by atoms with van der Waals surface area (Å²) in [6.45, 7) is 4.16. The molecule has 1 heterocycles. The molecule has 0 aliphatic rings. The predicted octanol–water partition coefficient (Wildman–Crippen LogP) is 4.62. The number of ether oxygens (including phenoxy) is 1. The number of aryl methyl sites for hydroxylation is 1. The SMILES string of the molecule is CCC(NC)c1ccc(Oc2cc(Br)ccc2C)cn1. The number of halogens is 1. The highest BCUT2D eigenvalue weighted by molar-refractivity contribution is 9.10. The molecule has 0 saturated carbocycles. The molecule has 0 radical (unpaired) electrons. The van der Waals surface area contributed by atoms with Crippen molar-refractivity contribution < 1.29 is 4.74 Å². The molecule has 0 spiro atoms. The quantitative estimate of drug-likeness (QED) is 0.866. The Morgan fingerprint density at radius 2 is 2.10 bits per heavy atom. The predicted molar refractivity (Wildman–Crippen MR) is 85.3 cm³/mol. The van der Waals surface area contributed by atoms with E-state index in [4.69, 9.17) is 4.74 Å². The van der Waals surface area contributed by atoms with E-state index in [0.717, 1.165) is 33.6 Å². The van der Waals surface area contributed by atoms with Crippen molar-refractivity contribution in [3.63, 3.8) is 0 Å². The summed E-state index contributed by atoms with van der Waals surface area (Å²) in [7, 11) is 1.95. The first-order valence-corrected chi connectivity index (χ1v) is 7.50. The van der Waals surface area contributed by atoms with Gasteiger partial charge in [-0.15, -0.1) is 0 Å². The molecule has 0 amide bonds. The van der Waals surface area contributed by atoms with Gasteiger partial charge in [-0.2, -0.15) is 0 Å². The second-order valence-electron chi connectivity index (χ2n) is 4.68. The van der Waals surface area contributed by atoms with Crippen LogP contribution in [-0.4, -0.2) is 12.0 Å². The van der Waals surface area contributed by atoms with Crippen molar-refractivity contribution in [1.29, 1.82) is 0 Å². The average Bonchev–Trinajstić information content (AvgIpc) is 2.46. The van der Waals surface area contributed by atoms with Crippen molar-refractivity contribution in [3.05, 3.63) is 52.3 Å². The third-order valence-corrected chi connectivity index (χ3v) is 3.74. The van der Waals surface area contributed by atoms with E-state index in [1.165, 1.54) is 0 Å². The summed E-state index contributed by atoms with van der Waals surface area (Å²) in [6.07, 6.45) is 2.78. The Morgan fingerprint density at radius 1 is 1.30 bits per heavy atom. The molecular weight excluding hydrogens is 316 g/mol. The van der Waals surface area contributed by atoms with Crippen LogP contribution in [0.1, 0.15) is 30.6 Å². The van der Waals surface area contributed by atoms with Crippen molar-refractivity contribution in [2.24, 2.45) is 0 Å². The van der Waals surface area contributed by atoms with Gasteiger partial charge in [0.05, 0.1) is 11.9 Å². The number of nitrogens with zero attached hydrogens (tertiary/aromatic N) is 1. The molecular formula is C16H19BrN2O. The molecule has 1 aromatic heterocycles. The molecule has 2 aromatic rings. The van der Waals surface area contributed by atoms with Crippen LogP contribution < -0.4 is 10.1 Å². The highest BCUT2D eigenvalue weighted by Gasteiger charge is 2.08. The van der Waals surface area contributed by atoms with Gasteiger partial charge in [-0.1, -0.05) is 28.9 Å². The summed E-state index contributed by atoms with van der Waals surface area (Å²) >= 11 is 3.46. The first kappa shape index (κ1) is 15.0. The molecule has 106 valence electrons. The summed E-state index contributed by atoms with van der Waals surface area (Å²) in [4.78, 5) is 4.47. The fourth-order valence-electron chi connectivity index (χ4n) is 2.03. The van der Waals surface area contributed by atoms with Crippen LogP contribution in [0.4, 0.5) is 0 Å². The van der Waals surface area contributed by atoms with E-state index in [9.17, 15) is 0 Å². The third kappa shape index (κ3) is 3.58. The minimum Gasteiger partial charge on any atom is -0.455 e. The second kappa shape index (κ2) is 6.86. The van der Waals surface area contributed by atoms with Gasteiger partial charge >= 0.3 is 0 Å². The van der Waals surface area contributed by atoms with Gasteiger partial charge < -0.3 is 10.1 Å². The number of nitrogens with one attached hydrogen (secondary N) is 1. The zero-order chi connectivity index (χ0) is 14.5. The fourth-order valence-corrected chi connectivity index (χ4v) is 2.37. The average molecular weight is 335 g/mol. The molecule has 20 heavy (non-hydrogen) atoms. The molecule has 1 aromatic carbocycles. The van der Waals surface area contributed by atoms with Crippen LogP contribution in [0.2, 0.25) is 0 Å². The van der Waals surface area contributed by atoms with E-state index in [-0.39, 0.29) is 6.04 Å². The van der Waals surface area contributed by atoms with Crippen LogP contribution >= 0.6 is 15.9 Å². The van der Waals surface area contributed by atoms with Gasteiger partial charge in [0.1, 0.15) is 11.5 Å². The third-order valence-electron chi connectivity index (χ3n) is 3.25. The molecule has 0 fully saturated rings. The molecule has 0 aliphatic carbocycles.